The van der Waals surface area contributed by atoms with E-state index in [1.54, 1.807) is 7.11 Å². The van der Waals surface area contributed by atoms with Gasteiger partial charge in [-0.3, -0.25) is 0 Å². The zero-order valence-electron chi connectivity index (χ0n) is 6.05. The molecule has 0 fully saturated rings. The normalized spacial score (nSPS) is 13.0. The highest BCUT2D eigenvalue weighted by Crippen LogP contribution is 2.21. The molecule has 60 valence electrons. The first-order valence-corrected chi connectivity index (χ1v) is 4.68. The van der Waals surface area contributed by atoms with E-state index in [0.717, 1.165) is 5.56 Å². The fourth-order valence-corrected chi connectivity index (χ4v) is 1.26. The van der Waals surface area contributed by atoms with Crippen LogP contribution in [0.25, 0.3) is 0 Å². The van der Waals surface area contributed by atoms with Crippen molar-refractivity contribution in [3.05, 3.63) is 33.4 Å². The van der Waals surface area contributed by atoms with Crippen LogP contribution in [0.1, 0.15) is 11.1 Å². The maximum Gasteiger partial charge on any atom is 0.156 e. The number of hydrogen-bond donors (Lipinski definition) is 0. The van der Waals surface area contributed by atoms with Gasteiger partial charge in [0, 0.05) is 10.7 Å². The lowest BCUT2D eigenvalue weighted by Crippen LogP contribution is -1.91. The predicted molar refractivity (Wildman–Crippen MR) is 54.8 cm³/mol. The van der Waals surface area contributed by atoms with E-state index in [0.29, 0.717) is 0 Å². The molecular formula is C8H8ClIO. The molecule has 0 aliphatic carbocycles. The number of halogens is 2. The molecule has 3 heteroatoms. The van der Waals surface area contributed by atoms with Gasteiger partial charge in [0.2, 0.25) is 0 Å². The van der Waals surface area contributed by atoms with Crippen LogP contribution in [0.5, 0.6) is 0 Å². The molecule has 1 rings (SSSR count). The van der Waals surface area contributed by atoms with Crippen LogP contribution >= 0.6 is 34.2 Å². The van der Waals surface area contributed by atoms with E-state index in [1.807, 2.05) is 24.3 Å². The van der Waals surface area contributed by atoms with Crippen LogP contribution in [0, 0.1) is 3.57 Å². The van der Waals surface area contributed by atoms with Crippen molar-refractivity contribution in [3.8, 4) is 0 Å². The molecule has 11 heavy (non-hydrogen) atoms. The van der Waals surface area contributed by atoms with Crippen LogP contribution < -0.4 is 0 Å². The molecule has 0 aliphatic rings. The lowest BCUT2D eigenvalue weighted by Gasteiger charge is -2.06. The second-order valence-electron chi connectivity index (χ2n) is 2.10. The van der Waals surface area contributed by atoms with Gasteiger partial charge in [-0.2, -0.15) is 0 Å². The lowest BCUT2D eigenvalue weighted by molar-refractivity contribution is 0.170. The Bertz CT molecular complexity index is 222. The summed E-state index contributed by atoms with van der Waals surface area (Å²) in [5.41, 5.74) is 0.668. The van der Waals surface area contributed by atoms with E-state index in [2.05, 4.69) is 22.6 Å². The van der Waals surface area contributed by atoms with Crippen molar-refractivity contribution in [3.63, 3.8) is 0 Å². The molecule has 1 atom stereocenters. The van der Waals surface area contributed by atoms with Gasteiger partial charge in [-0.15, -0.1) is 0 Å². The number of methoxy groups -OCH3 is 1. The zero-order valence-corrected chi connectivity index (χ0v) is 8.96. The number of ether oxygens (including phenoxy) is 1. The highest BCUT2D eigenvalue weighted by Gasteiger charge is 2.03. The number of alkyl halides is 1. The van der Waals surface area contributed by atoms with E-state index in [-0.39, 0.29) is 5.56 Å². The molecule has 0 saturated heterocycles. The molecule has 1 aromatic rings. The maximum atomic E-state index is 5.82. The zero-order chi connectivity index (χ0) is 8.27. The molecule has 0 aliphatic heterocycles. The summed E-state index contributed by atoms with van der Waals surface area (Å²) in [7, 11) is 1.59. The highest BCUT2D eigenvalue weighted by molar-refractivity contribution is 14.1. The Labute approximate surface area is 84.8 Å². The average Bonchev–Trinajstić information content (AvgIpc) is 2.05. The van der Waals surface area contributed by atoms with Crippen LogP contribution in [0.2, 0.25) is 0 Å². The largest absolute Gasteiger partial charge is 0.361 e. The van der Waals surface area contributed by atoms with Gasteiger partial charge in [0.25, 0.3) is 0 Å². The summed E-state index contributed by atoms with van der Waals surface area (Å²) in [4.78, 5) is 0. The van der Waals surface area contributed by atoms with Gasteiger partial charge < -0.3 is 4.74 Å². The van der Waals surface area contributed by atoms with Crippen LogP contribution in [-0.2, 0) is 4.74 Å². The van der Waals surface area contributed by atoms with Gasteiger partial charge in [-0.05, 0) is 40.3 Å². The molecule has 0 aromatic heterocycles. The number of hydrogen-bond acceptors (Lipinski definition) is 1. The van der Waals surface area contributed by atoms with Gasteiger partial charge >= 0.3 is 0 Å². The summed E-state index contributed by atoms with van der Waals surface area (Å²) in [6.45, 7) is 0. The summed E-state index contributed by atoms with van der Waals surface area (Å²) < 4.78 is 6.14. The van der Waals surface area contributed by atoms with Gasteiger partial charge in [0.1, 0.15) is 0 Å². The SMILES string of the molecule is COC(Cl)c1ccc(I)cc1. The first-order valence-electron chi connectivity index (χ1n) is 3.16. The Morgan fingerprint density at radius 3 is 2.36 bits per heavy atom. The predicted octanol–water partition coefficient (Wildman–Crippen LogP) is 3.18. The minimum atomic E-state index is -0.327. The Balaban J connectivity index is 2.81. The first-order chi connectivity index (χ1) is 5.24. The van der Waals surface area contributed by atoms with Crippen molar-refractivity contribution in [2.75, 3.05) is 7.11 Å². The third-order valence-corrected chi connectivity index (χ3v) is 2.49. The molecule has 0 amide bonds. The van der Waals surface area contributed by atoms with Gasteiger partial charge in [0.05, 0.1) is 0 Å². The van der Waals surface area contributed by atoms with E-state index < -0.39 is 0 Å². The summed E-state index contributed by atoms with van der Waals surface area (Å²) in [6.07, 6.45) is 0. The Hall–Kier alpha value is 0.200. The Morgan fingerprint density at radius 2 is 1.91 bits per heavy atom. The van der Waals surface area contributed by atoms with Crippen molar-refractivity contribution in [2.24, 2.45) is 0 Å². The van der Waals surface area contributed by atoms with Crippen LogP contribution in [0.15, 0.2) is 24.3 Å². The standard InChI is InChI=1S/C8H8ClIO/c1-11-8(9)6-2-4-7(10)5-3-6/h2-5,8H,1H3. The molecule has 0 saturated carbocycles. The molecular weight excluding hydrogens is 274 g/mol. The molecule has 1 aromatic carbocycles. The van der Waals surface area contributed by atoms with Crippen LogP contribution in [0.4, 0.5) is 0 Å². The number of benzene rings is 1. The highest BCUT2D eigenvalue weighted by atomic mass is 127. The summed E-state index contributed by atoms with van der Waals surface area (Å²) in [5, 5.41) is 0. The van der Waals surface area contributed by atoms with E-state index in [1.165, 1.54) is 3.57 Å². The summed E-state index contributed by atoms with van der Waals surface area (Å²) in [6, 6.07) is 7.93. The van der Waals surface area contributed by atoms with Crippen LogP contribution in [0.3, 0.4) is 0 Å². The van der Waals surface area contributed by atoms with E-state index in [4.69, 9.17) is 16.3 Å². The second-order valence-corrected chi connectivity index (χ2v) is 3.75. The molecule has 0 N–H and O–H groups in total. The third kappa shape index (κ3) is 2.61. The Kier molecular flexibility index (Phi) is 3.62. The maximum absolute atomic E-state index is 5.82. The van der Waals surface area contributed by atoms with E-state index in [9.17, 15) is 0 Å². The van der Waals surface area contributed by atoms with Gasteiger partial charge in [-0.1, -0.05) is 23.7 Å². The minimum Gasteiger partial charge on any atom is -0.361 e. The third-order valence-electron chi connectivity index (χ3n) is 1.34. The fraction of sp³-hybridized carbons (Fsp3) is 0.250. The number of rotatable bonds is 2. The molecule has 1 unspecified atom stereocenters. The van der Waals surface area contributed by atoms with Gasteiger partial charge in [0.15, 0.2) is 5.56 Å². The molecule has 0 bridgehead atoms. The van der Waals surface area contributed by atoms with Crippen molar-refractivity contribution in [1.29, 1.82) is 0 Å². The molecule has 0 spiro atoms. The van der Waals surface area contributed by atoms with E-state index >= 15 is 0 Å². The van der Waals surface area contributed by atoms with Crippen molar-refractivity contribution < 1.29 is 4.74 Å². The van der Waals surface area contributed by atoms with Crippen molar-refractivity contribution >= 4 is 34.2 Å². The lowest BCUT2D eigenvalue weighted by atomic mass is 10.2. The second kappa shape index (κ2) is 4.28. The quantitative estimate of drug-likeness (QED) is 0.598. The fourth-order valence-electron chi connectivity index (χ4n) is 0.750. The van der Waals surface area contributed by atoms with Gasteiger partial charge in [-0.25, -0.2) is 0 Å². The summed E-state index contributed by atoms with van der Waals surface area (Å²) >= 11 is 8.07. The molecule has 0 heterocycles. The average molecular weight is 283 g/mol. The van der Waals surface area contributed by atoms with Crippen molar-refractivity contribution in [1.82, 2.24) is 0 Å². The van der Waals surface area contributed by atoms with Crippen molar-refractivity contribution in [2.45, 2.75) is 5.56 Å². The first kappa shape index (κ1) is 9.29. The summed E-state index contributed by atoms with van der Waals surface area (Å²) in [5.74, 6) is 0. The Morgan fingerprint density at radius 1 is 1.36 bits per heavy atom. The molecule has 1 nitrogen and oxygen atoms in total. The smallest absolute Gasteiger partial charge is 0.156 e. The minimum absolute atomic E-state index is 0.327. The topological polar surface area (TPSA) is 9.23 Å². The van der Waals surface area contributed by atoms with Crippen LogP contribution in [-0.4, -0.2) is 7.11 Å². The molecule has 0 radical (unpaired) electrons. The monoisotopic (exact) mass is 282 g/mol.